The average molecular weight is 396 g/mol. The molecule has 1 aromatic carbocycles. The predicted octanol–water partition coefficient (Wildman–Crippen LogP) is 3.24. The Kier molecular flexibility index (Phi) is 5.88. The summed E-state index contributed by atoms with van der Waals surface area (Å²) in [5.41, 5.74) is 1.32. The Morgan fingerprint density at radius 2 is 1.93 bits per heavy atom. The second-order valence-electron chi connectivity index (χ2n) is 6.22. The average Bonchev–Trinajstić information content (AvgIpc) is 2.66. The third-order valence-electron chi connectivity index (χ3n) is 4.25. The first-order valence-electron chi connectivity index (χ1n) is 8.45. The van der Waals surface area contributed by atoms with Crippen molar-refractivity contribution in [2.45, 2.75) is 18.3 Å². The molecular formula is C18H19F3N4OS. The molecule has 1 aliphatic heterocycles. The molecule has 144 valence electrons. The monoisotopic (exact) mass is 396 g/mol. The number of hydrogen-bond donors (Lipinski definition) is 0. The number of rotatable bonds is 4. The van der Waals surface area contributed by atoms with Crippen molar-refractivity contribution < 1.29 is 18.0 Å². The van der Waals surface area contributed by atoms with Gasteiger partial charge in [-0.05, 0) is 30.7 Å². The fourth-order valence-electron chi connectivity index (χ4n) is 2.82. The number of anilines is 1. The molecule has 3 rings (SSSR count). The van der Waals surface area contributed by atoms with Gasteiger partial charge in [-0.2, -0.15) is 13.2 Å². The topological polar surface area (TPSA) is 49.3 Å². The number of benzene rings is 1. The third kappa shape index (κ3) is 5.12. The molecule has 0 aliphatic carbocycles. The summed E-state index contributed by atoms with van der Waals surface area (Å²) < 4.78 is 38.0. The fourth-order valence-corrected chi connectivity index (χ4v) is 3.56. The SMILES string of the molecule is Cc1cccc(N2CCN(C(=O)CSc3nccc(C(F)(F)F)n3)CC2)c1. The molecule has 0 radical (unpaired) electrons. The maximum atomic E-state index is 12.7. The van der Waals surface area contributed by atoms with Crippen molar-refractivity contribution in [3.05, 3.63) is 47.8 Å². The van der Waals surface area contributed by atoms with E-state index in [0.29, 0.717) is 13.1 Å². The van der Waals surface area contributed by atoms with Crippen LogP contribution in [-0.4, -0.2) is 52.7 Å². The summed E-state index contributed by atoms with van der Waals surface area (Å²) in [4.78, 5) is 23.6. The fraction of sp³-hybridized carbons (Fsp3) is 0.389. The van der Waals surface area contributed by atoms with Crippen molar-refractivity contribution in [1.82, 2.24) is 14.9 Å². The zero-order valence-electron chi connectivity index (χ0n) is 14.7. The third-order valence-corrected chi connectivity index (χ3v) is 5.09. The first-order chi connectivity index (χ1) is 12.8. The summed E-state index contributed by atoms with van der Waals surface area (Å²) in [6.45, 7) is 4.64. The molecule has 0 N–H and O–H groups in total. The van der Waals surface area contributed by atoms with E-state index in [4.69, 9.17) is 0 Å². The van der Waals surface area contributed by atoms with Crippen molar-refractivity contribution in [2.75, 3.05) is 36.8 Å². The van der Waals surface area contributed by atoms with E-state index in [-0.39, 0.29) is 16.8 Å². The molecular weight excluding hydrogens is 377 g/mol. The molecule has 2 aromatic rings. The number of hydrogen-bond acceptors (Lipinski definition) is 5. The van der Waals surface area contributed by atoms with Gasteiger partial charge < -0.3 is 9.80 Å². The first kappa shape index (κ1) is 19.5. The van der Waals surface area contributed by atoms with Gasteiger partial charge in [-0.1, -0.05) is 23.9 Å². The first-order valence-corrected chi connectivity index (χ1v) is 9.44. The number of alkyl halides is 3. The lowest BCUT2D eigenvalue weighted by Gasteiger charge is -2.36. The van der Waals surface area contributed by atoms with Crippen LogP contribution < -0.4 is 4.90 Å². The van der Waals surface area contributed by atoms with Crippen LogP contribution in [0, 0.1) is 6.92 Å². The molecule has 1 fully saturated rings. The van der Waals surface area contributed by atoms with Crippen LogP contribution in [0.2, 0.25) is 0 Å². The molecule has 0 bridgehead atoms. The summed E-state index contributed by atoms with van der Waals surface area (Å²) in [6, 6.07) is 9.02. The van der Waals surface area contributed by atoms with Gasteiger partial charge in [0.2, 0.25) is 5.91 Å². The van der Waals surface area contributed by atoms with Crippen LogP contribution in [0.4, 0.5) is 18.9 Å². The number of aromatic nitrogens is 2. The number of carbonyl (C=O) groups is 1. The van der Waals surface area contributed by atoms with Gasteiger partial charge in [0.05, 0.1) is 5.75 Å². The van der Waals surface area contributed by atoms with Crippen LogP contribution in [0.1, 0.15) is 11.3 Å². The number of carbonyl (C=O) groups excluding carboxylic acids is 1. The summed E-state index contributed by atoms with van der Waals surface area (Å²) >= 11 is 0.925. The largest absolute Gasteiger partial charge is 0.433 e. The van der Waals surface area contributed by atoms with Crippen molar-refractivity contribution in [1.29, 1.82) is 0 Å². The summed E-state index contributed by atoms with van der Waals surface area (Å²) in [5.74, 6) is -0.101. The van der Waals surface area contributed by atoms with Gasteiger partial charge in [0.1, 0.15) is 5.69 Å². The number of halogens is 3. The molecule has 0 atom stereocenters. The van der Waals surface area contributed by atoms with Crippen LogP contribution in [0.25, 0.3) is 0 Å². The highest BCUT2D eigenvalue weighted by molar-refractivity contribution is 7.99. The summed E-state index contributed by atoms with van der Waals surface area (Å²) in [7, 11) is 0. The lowest BCUT2D eigenvalue weighted by molar-refractivity contribution is -0.141. The molecule has 0 spiro atoms. The quantitative estimate of drug-likeness (QED) is 0.587. The minimum Gasteiger partial charge on any atom is -0.368 e. The second kappa shape index (κ2) is 8.16. The van der Waals surface area contributed by atoms with E-state index in [1.807, 2.05) is 25.1 Å². The van der Waals surface area contributed by atoms with Crippen LogP contribution in [0.15, 0.2) is 41.7 Å². The molecule has 1 amide bonds. The molecule has 0 saturated carbocycles. The number of aryl methyl sites for hydroxylation is 1. The maximum absolute atomic E-state index is 12.7. The zero-order chi connectivity index (χ0) is 19.4. The van der Waals surface area contributed by atoms with E-state index in [1.165, 1.54) is 5.56 Å². The predicted molar refractivity (Wildman–Crippen MR) is 97.7 cm³/mol. The van der Waals surface area contributed by atoms with Crippen molar-refractivity contribution in [2.24, 2.45) is 0 Å². The Morgan fingerprint density at radius 3 is 2.59 bits per heavy atom. The number of piperazine rings is 1. The van der Waals surface area contributed by atoms with Gasteiger partial charge in [0, 0.05) is 38.1 Å². The maximum Gasteiger partial charge on any atom is 0.433 e. The minimum absolute atomic E-state index is 0.0196. The lowest BCUT2D eigenvalue weighted by atomic mass is 10.2. The normalized spacial score (nSPS) is 15.1. The summed E-state index contributed by atoms with van der Waals surface area (Å²) in [5, 5.41) is -0.0448. The van der Waals surface area contributed by atoms with Crippen LogP contribution >= 0.6 is 11.8 Å². The Morgan fingerprint density at radius 1 is 1.19 bits per heavy atom. The van der Waals surface area contributed by atoms with Crippen LogP contribution in [-0.2, 0) is 11.0 Å². The highest BCUT2D eigenvalue weighted by Crippen LogP contribution is 2.28. The molecule has 0 unspecified atom stereocenters. The smallest absolute Gasteiger partial charge is 0.368 e. The van der Waals surface area contributed by atoms with Crippen molar-refractivity contribution >= 4 is 23.4 Å². The molecule has 1 aromatic heterocycles. The molecule has 1 aliphatic rings. The van der Waals surface area contributed by atoms with Gasteiger partial charge in [0.25, 0.3) is 0 Å². The summed E-state index contributed by atoms with van der Waals surface area (Å²) in [6.07, 6.45) is -3.46. The van der Waals surface area contributed by atoms with Crippen molar-refractivity contribution in [3.63, 3.8) is 0 Å². The van der Waals surface area contributed by atoms with Gasteiger partial charge in [-0.15, -0.1) is 0 Å². The zero-order valence-corrected chi connectivity index (χ0v) is 15.6. The van der Waals surface area contributed by atoms with Gasteiger partial charge >= 0.3 is 6.18 Å². The Balaban J connectivity index is 1.51. The lowest BCUT2D eigenvalue weighted by Crippen LogP contribution is -2.49. The Labute approximate surface area is 159 Å². The number of thioether (sulfide) groups is 1. The highest BCUT2D eigenvalue weighted by Gasteiger charge is 2.33. The molecule has 27 heavy (non-hydrogen) atoms. The standard InChI is InChI=1S/C18H19F3N4OS/c1-13-3-2-4-14(11-13)24-7-9-25(10-8-24)16(26)12-27-17-22-6-5-15(23-17)18(19,20)21/h2-6,11H,7-10,12H2,1H3. The molecule has 2 heterocycles. The van der Waals surface area contributed by atoms with Crippen molar-refractivity contribution in [3.8, 4) is 0 Å². The highest BCUT2D eigenvalue weighted by atomic mass is 32.2. The van der Waals surface area contributed by atoms with Crippen LogP contribution in [0.5, 0.6) is 0 Å². The van der Waals surface area contributed by atoms with Gasteiger partial charge in [-0.25, -0.2) is 9.97 Å². The van der Waals surface area contributed by atoms with E-state index < -0.39 is 11.9 Å². The molecule has 9 heteroatoms. The number of amides is 1. The van der Waals surface area contributed by atoms with E-state index in [9.17, 15) is 18.0 Å². The van der Waals surface area contributed by atoms with Gasteiger partial charge in [-0.3, -0.25) is 4.79 Å². The minimum atomic E-state index is -4.52. The number of nitrogens with zero attached hydrogens (tertiary/aromatic N) is 4. The Hall–Kier alpha value is -2.29. The van der Waals surface area contributed by atoms with E-state index in [2.05, 4.69) is 20.9 Å². The van der Waals surface area contributed by atoms with Crippen LogP contribution in [0.3, 0.4) is 0 Å². The van der Waals surface area contributed by atoms with E-state index in [0.717, 1.165) is 42.8 Å². The van der Waals surface area contributed by atoms with E-state index in [1.54, 1.807) is 4.90 Å². The van der Waals surface area contributed by atoms with Gasteiger partial charge in [0.15, 0.2) is 5.16 Å². The molecule has 1 saturated heterocycles. The Bertz CT molecular complexity index is 807. The molecule has 5 nitrogen and oxygen atoms in total. The van der Waals surface area contributed by atoms with E-state index >= 15 is 0 Å². The second-order valence-corrected chi connectivity index (χ2v) is 7.16.